The smallest absolute Gasteiger partial charge is 0.0640 e. The van der Waals surface area contributed by atoms with Gasteiger partial charge in [0.2, 0.25) is 0 Å². The molecular formula is C18H21Cl2N. The number of aryl methyl sites for hydroxylation is 2. The Morgan fingerprint density at radius 2 is 1.81 bits per heavy atom. The second kappa shape index (κ2) is 7.31. The van der Waals surface area contributed by atoms with E-state index >= 15 is 0 Å². The van der Waals surface area contributed by atoms with Crippen LogP contribution in [0.2, 0.25) is 10.0 Å². The second-order valence-corrected chi connectivity index (χ2v) is 6.16. The highest BCUT2D eigenvalue weighted by molar-refractivity contribution is 6.42. The maximum Gasteiger partial charge on any atom is 0.0640 e. The maximum absolute atomic E-state index is 6.37. The highest BCUT2D eigenvalue weighted by Gasteiger charge is 2.16. The molecule has 0 radical (unpaired) electrons. The molecule has 1 N–H and O–H groups in total. The molecule has 0 aromatic heterocycles. The fourth-order valence-corrected chi connectivity index (χ4v) is 2.93. The van der Waals surface area contributed by atoms with Gasteiger partial charge in [-0.15, -0.1) is 0 Å². The third-order valence-electron chi connectivity index (χ3n) is 3.82. The summed E-state index contributed by atoms with van der Waals surface area (Å²) in [6.07, 6.45) is 0.898. The Morgan fingerprint density at radius 1 is 1.05 bits per heavy atom. The van der Waals surface area contributed by atoms with E-state index in [1.165, 1.54) is 16.7 Å². The molecule has 0 heterocycles. The topological polar surface area (TPSA) is 12.0 Å². The molecule has 0 amide bonds. The average Bonchev–Trinajstić information content (AvgIpc) is 2.45. The Bertz CT molecular complexity index is 623. The summed E-state index contributed by atoms with van der Waals surface area (Å²) in [4.78, 5) is 0. The van der Waals surface area contributed by atoms with Crippen LogP contribution >= 0.6 is 23.2 Å². The van der Waals surface area contributed by atoms with Crippen LogP contribution in [0.4, 0.5) is 0 Å². The molecule has 2 aromatic rings. The van der Waals surface area contributed by atoms with E-state index in [0.717, 1.165) is 18.5 Å². The van der Waals surface area contributed by atoms with Gasteiger partial charge in [0, 0.05) is 6.04 Å². The monoisotopic (exact) mass is 321 g/mol. The standard InChI is InChI=1S/C18H21Cl2N/c1-4-21-17(15-6-5-7-16(19)18(15)20)11-14-9-8-12(2)13(3)10-14/h5-10,17,21H,4,11H2,1-3H3. The van der Waals surface area contributed by atoms with E-state index in [0.29, 0.717) is 10.0 Å². The van der Waals surface area contributed by atoms with Crippen molar-refractivity contribution in [2.75, 3.05) is 6.54 Å². The minimum atomic E-state index is 0.170. The van der Waals surface area contributed by atoms with Gasteiger partial charge in [0.25, 0.3) is 0 Å². The van der Waals surface area contributed by atoms with Gasteiger partial charge in [0.1, 0.15) is 0 Å². The molecule has 1 nitrogen and oxygen atoms in total. The average molecular weight is 322 g/mol. The minimum absolute atomic E-state index is 0.170. The number of likely N-dealkylation sites (N-methyl/N-ethyl adjacent to an activating group) is 1. The Hall–Kier alpha value is -1.02. The quantitative estimate of drug-likeness (QED) is 0.766. The number of hydrogen-bond donors (Lipinski definition) is 1. The van der Waals surface area contributed by atoms with Crippen LogP contribution in [-0.4, -0.2) is 6.54 Å². The van der Waals surface area contributed by atoms with Gasteiger partial charge in [0.05, 0.1) is 10.0 Å². The van der Waals surface area contributed by atoms with Crippen LogP contribution in [-0.2, 0) is 6.42 Å². The number of nitrogens with one attached hydrogen (secondary N) is 1. The van der Waals surface area contributed by atoms with E-state index in [2.05, 4.69) is 44.3 Å². The van der Waals surface area contributed by atoms with Gasteiger partial charge >= 0.3 is 0 Å². The molecule has 0 aliphatic heterocycles. The van der Waals surface area contributed by atoms with Gasteiger partial charge in [-0.2, -0.15) is 0 Å². The van der Waals surface area contributed by atoms with Crippen molar-refractivity contribution >= 4 is 23.2 Å². The van der Waals surface area contributed by atoms with Crippen molar-refractivity contribution in [2.24, 2.45) is 0 Å². The van der Waals surface area contributed by atoms with Crippen molar-refractivity contribution in [3.63, 3.8) is 0 Å². The molecule has 0 saturated carbocycles. The zero-order valence-corrected chi connectivity index (χ0v) is 14.2. The summed E-state index contributed by atoms with van der Waals surface area (Å²) in [6, 6.07) is 12.6. The summed E-state index contributed by atoms with van der Waals surface area (Å²) in [6.45, 7) is 7.27. The van der Waals surface area contributed by atoms with E-state index in [9.17, 15) is 0 Å². The molecule has 112 valence electrons. The number of hydrogen-bond acceptors (Lipinski definition) is 1. The number of rotatable bonds is 5. The van der Waals surface area contributed by atoms with Gasteiger partial charge in [0.15, 0.2) is 0 Å². The van der Waals surface area contributed by atoms with Crippen molar-refractivity contribution in [1.82, 2.24) is 5.32 Å². The number of benzene rings is 2. The van der Waals surface area contributed by atoms with Crippen LogP contribution in [0.5, 0.6) is 0 Å². The van der Waals surface area contributed by atoms with Crippen LogP contribution in [0, 0.1) is 13.8 Å². The van der Waals surface area contributed by atoms with Gasteiger partial charge < -0.3 is 5.32 Å². The summed E-state index contributed by atoms with van der Waals surface area (Å²) in [5, 5.41) is 4.76. The SMILES string of the molecule is CCNC(Cc1ccc(C)c(C)c1)c1cccc(Cl)c1Cl. The lowest BCUT2D eigenvalue weighted by Gasteiger charge is -2.20. The van der Waals surface area contributed by atoms with Crippen molar-refractivity contribution in [3.8, 4) is 0 Å². The Balaban J connectivity index is 2.30. The normalized spacial score (nSPS) is 12.4. The first-order valence-electron chi connectivity index (χ1n) is 7.26. The lowest BCUT2D eigenvalue weighted by molar-refractivity contribution is 0.550. The molecular weight excluding hydrogens is 301 g/mol. The first-order chi connectivity index (χ1) is 10.0. The lowest BCUT2D eigenvalue weighted by Crippen LogP contribution is -2.23. The highest BCUT2D eigenvalue weighted by Crippen LogP contribution is 2.31. The molecule has 0 saturated heterocycles. The third-order valence-corrected chi connectivity index (χ3v) is 4.65. The molecule has 1 unspecified atom stereocenters. The summed E-state index contributed by atoms with van der Waals surface area (Å²) in [5.41, 5.74) is 5.00. The molecule has 1 atom stereocenters. The Labute approximate surface area is 137 Å². The summed E-state index contributed by atoms with van der Waals surface area (Å²) in [7, 11) is 0. The first-order valence-corrected chi connectivity index (χ1v) is 8.02. The first kappa shape index (κ1) is 16.4. The van der Waals surface area contributed by atoms with E-state index in [1.54, 1.807) is 0 Å². The van der Waals surface area contributed by atoms with Crippen molar-refractivity contribution in [1.29, 1.82) is 0 Å². The zero-order chi connectivity index (χ0) is 15.4. The molecule has 0 aliphatic carbocycles. The van der Waals surface area contributed by atoms with Gasteiger partial charge in [-0.3, -0.25) is 0 Å². The van der Waals surface area contributed by atoms with Crippen molar-refractivity contribution in [3.05, 3.63) is 68.7 Å². The molecule has 0 bridgehead atoms. The molecule has 2 aromatic carbocycles. The Morgan fingerprint density at radius 3 is 2.48 bits per heavy atom. The van der Waals surface area contributed by atoms with Crippen molar-refractivity contribution < 1.29 is 0 Å². The van der Waals surface area contributed by atoms with Crippen LogP contribution in [0.25, 0.3) is 0 Å². The minimum Gasteiger partial charge on any atom is -0.310 e. The summed E-state index contributed by atoms with van der Waals surface area (Å²) in [5.74, 6) is 0. The third kappa shape index (κ3) is 4.00. The fraction of sp³-hybridized carbons (Fsp3) is 0.333. The second-order valence-electron chi connectivity index (χ2n) is 5.38. The molecule has 0 aliphatic rings. The fourth-order valence-electron chi connectivity index (χ4n) is 2.49. The zero-order valence-electron chi connectivity index (χ0n) is 12.7. The highest BCUT2D eigenvalue weighted by atomic mass is 35.5. The number of halogens is 2. The van der Waals surface area contributed by atoms with E-state index in [-0.39, 0.29) is 6.04 Å². The largest absolute Gasteiger partial charge is 0.310 e. The molecule has 0 spiro atoms. The van der Waals surface area contributed by atoms with Gasteiger partial charge in [-0.05, 0) is 55.1 Å². The molecule has 3 heteroatoms. The molecule has 0 fully saturated rings. The molecule has 2 rings (SSSR count). The van der Waals surface area contributed by atoms with Gasteiger partial charge in [-0.25, -0.2) is 0 Å². The van der Waals surface area contributed by atoms with Crippen LogP contribution in [0.1, 0.15) is 35.2 Å². The van der Waals surface area contributed by atoms with Crippen LogP contribution in [0.15, 0.2) is 36.4 Å². The van der Waals surface area contributed by atoms with Gasteiger partial charge in [-0.1, -0.05) is 60.5 Å². The lowest BCUT2D eigenvalue weighted by atomic mass is 9.96. The predicted molar refractivity (Wildman–Crippen MR) is 92.5 cm³/mol. The van der Waals surface area contributed by atoms with Crippen molar-refractivity contribution in [2.45, 2.75) is 33.2 Å². The maximum atomic E-state index is 6.37. The van der Waals surface area contributed by atoms with E-state index < -0.39 is 0 Å². The Kier molecular flexibility index (Phi) is 5.69. The molecule has 21 heavy (non-hydrogen) atoms. The summed E-state index contributed by atoms with van der Waals surface area (Å²) >= 11 is 12.5. The van der Waals surface area contributed by atoms with Crippen LogP contribution < -0.4 is 5.32 Å². The van der Waals surface area contributed by atoms with Crippen LogP contribution in [0.3, 0.4) is 0 Å². The van der Waals surface area contributed by atoms with E-state index in [1.807, 2.05) is 18.2 Å². The summed E-state index contributed by atoms with van der Waals surface area (Å²) < 4.78 is 0. The predicted octanol–water partition coefficient (Wildman–Crippen LogP) is 5.50. The van der Waals surface area contributed by atoms with E-state index in [4.69, 9.17) is 23.2 Å².